The highest BCUT2D eigenvalue weighted by molar-refractivity contribution is 5.87. The van der Waals surface area contributed by atoms with E-state index in [0.29, 0.717) is 11.5 Å². The Balaban J connectivity index is 0.000000134. The first-order valence-corrected chi connectivity index (χ1v) is 6.31. The van der Waals surface area contributed by atoms with Crippen molar-refractivity contribution in [2.45, 2.75) is 25.4 Å². The Kier molecular flexibility index (Phi) is 4.15. The maximum atomic E-state index is 10.2. The van der Waals surface area contributed by atoms with E-state index >= 15 is 0 Å². The summed E-state index contributed by atoms with van der Waals surface area (Å²) in [5.74, 6) is 0.522. The number of aromatic carboxylic acids is 1. The molecule has 1 aromatic carbocycles. The lowest BCUT2D eigenvalue weighted by molar-refractivity contribution is 0.0697. The predicted octanol–water partition coefficient (Wildman–Crippen LogP) is 2.72. The molecule has 96 valence electrons. The van der Waals surface area contributed by atoms with Crippen LogP contribution in [0.15, 0.2) is 42.5 Å². The minimum absolute atomic E-state index is 0.122. The molecule has 3 atom stereocenters. The van der Waals surface area contributed by atoms with Crippen LogP contribution in [-0.2, 0) is 0 Å². The summed E-state index contributed by atoms with van der Waals surface area (Å²) < 4.78 is 0. The number of hydrogen-bond donors (Lipinski definition) is 2. The van der Waals surface area contributed by atoms with Crippen molar-refractivity contribution >= 4 is 5.97 Å². The molecule has 0 spiro atoms. The standard InChI is InChI=1S/C8H12O.C7H6O2/c9-8-4-2-6-1-3-7(8)5-6;8-7(9)6-4-2-1-3-5-6/h2,4,6-9H,1,3,5H2;1-5H,(H,8,9)/t6-,7-,8-;/m1./s1. The van der Waals surface area contributed by atoms with Gasteiger partial charge in [0.1, 0.15) is 0 Å². The molecule has 0 amide bonds. The lowest BCUT2D eigenvalue weighted by atomic mass is 9.93. The number of aliphatic hydroxyl groups excluding tert-OH is 1. The molecule has 0 aromatic heterocycles. The average Bonchev–Trinajstić information content (AvgIpc) is 2.80. The zero-order chi connectivity index (χ0) is 13.0. The summed E-state index contributed by atoms with van der Waals surface area (Å²) in [4.78, 5) is 10.2. The molecule has 0 heterocycles. The van der Waals surface area contributed by atoms with Crippen LogP contribution in [0.5, 0.6) is 0 Å². The Morgan fingerprint density at radius 1 is 1.11 bits per heavy atom. The third-order valence-electron chi connectivity index (χ3n) is 3.60. The van der Waals surface area contributed by atoms with Gasteiger partial charge in [-0.25, -0.2) is 4.79 Å². The molecule has 0 saturated heterocycles. The zero-order valence-electron chi connectivity index (χ0n) is 10.2. The molecule has 3 nitrogen and oxygen atoms in total. The van der Waals surface area contributed by atoms with Crippen LogP contribution >= 0.6 is 0 Å². The van der Waals surface area contributed by atoms with Crippen molar-refractivity contribution in [3.05, 3.63) is 48.0 Å². The van der Waals surface area contributed by atoms with Gasteiger partial charge < -0.3 is 10.2 Å². The summed E-state index contributed by atoms with van der Waals surface area (Å²) in [6.07, 6.45) is 7.79. The van der Waals surface area contributed by atoms with E-state index in [1.54, 1.807) is 30.3 Å². The molecule has 2 N–H and O–H groups in total. The first kappa shape index (κ1) is 12.8. The van der Waals surface area contributed by atoms with E-state index in [0.717, 1.165) is 5.92 Å². The van der Waals surface area contributed by atoms with Crippen molar-refractivity contribution in [2.24, 2.45) is 11.8 Å². The molecule has 0 radical (unpaired) electrons. The summed E-state index contributed by atoms with van der Waals surface area (Å²) >= 11 is 0. The van der Waals surface area contributed by atoms with Crippen LogP contribution in [-0.4, -0.2) is 22.3 Å². The first-order valence-electron chi connectivity index (χ1n) is 6.31. The van der Waals surface area contributed by atoms with Gasteiger partial charge in [-0.15, -0.1) is 0 Å². The van der Waals surface area contributed by atoms with Crippen LogP contribution in [0.4, 0.5) is 0 Å². The maximum Gasteiger partial charge on any atom is 0.335 e. The van der Waals surface area contributed by atoms with Crippen LogP contribution in [0.2, 0.25) is 0 Å². The van der Waals surface area contributed by atoms with Crippen LogP contribution in [0, 0.1) is 11.8 Å². The van der Waals surface area contributed by atoms with Gasteiger partial charge in [0.15, 0.2) is 0 Å². The van der Waals surface area contributed by atoms with E-state index in [1.807, 2.05) is 6.08 Å². The van der Waals surface area contributed by atoms with E-state index < -0.39 is 5.97 Å². The molecule has 2 bridgehead atoms. The Bertz CT molecular complexity index is 425. The molecule has 0 unspecified atom stereocenters. The lowest BCUT2D eigenvalue weighted by Crippen LogP contribution is -2.17. The molecule has 0 aliphatic heterocycles. The first-order chi connectivity index (χ1) is 8.66. The molecule has 3 heteroatoms. The third kappa shape index (κ3) is 3.20. The zero-order valence-corrected chi connectivity index (χ0v) is 10.2. The van der Waals surface area contributed by atoms with Gasteiger partial charge in [0.05, 0.1) is 11.7 Å². The van der Waals surface area contributed by atoms with Gasteiger partial charge in [0.25, 0.3) is 0 Å². The molecule has 1 saturated carbocycles. The van der Waals surface area contributed by atoms with Crippen molar-refractivity contribution in [1.82, 2.24) is 0 Å². The Labute approximate surface area is 107 Å². The Hall–Kier alpha value is -1.61. The van der Waals surface area contributed by atoms with E-state index in [-0.39, 0.29) is 6.10 Å². The second-order valence-corrected chi connectivity index (χ2v) is 4.88. The molecule has 2 aliphatic rings. The van der Waals surface area contributed by atoms with Crippen molar-refractivity contribution < 1.29 is 15.0 Å². The van der Waals surface area contributed by atoms with Crippen LogP contribution in [0.1, 0.15) is 29.6 Å². The number of carbonyl (C=O) groups is 1. The van der Waals surface area contributed by atoms with Gasteiger partial charge >= 0.3 is 5.97 Å². The second-order valence-electron chi connectivity index (χ2n) is 4.88. The Morgan fingerprint density at radius 2 is 1.83 bits per heavy atom. The largest absolute Gasteiger partial charge is 0.478 e. The van der Waals surface area contributed by atoms with Gasteiger partial charge in [-0.3, -0.25) is 0 Å². The summed E-state index contributed by atoms with van der Waals surface area (Å²) in [6.45, 7) is 0. The van der Waals surface area contributed by atoms with Gasteiger partial charge in [-0.1, -0.05) is 30.4 Å². The minimum atomic E-state index is -0.879. The lowest BCUT2D eigenvalue weighted by Gasteiger charge is -2.17. The van der Waals surface area contributed by atoms with Gasteiger partial charge in [-0.05, 0) is 43.2 Å². The second kappa shape index (κ2) is 5.83. The van der Waals surface area contributed by atoms with Crippen LogP contribution in [0.3, 0.4) is 0 Å². The fraction of sp³-hybridized carbons (Fsp3) is 0.400. The van der Waals surface area contributed by atoms with Crippen molar-refractivity contribution in [3.63, 3.8) is 0 Å². The molecular weight excluding hydrogens is 228 g/mol. The fourth-order valence-electron chi connectivity index (χ4n) is 2.55. The monoisotopic (exact) mass is 246 g/mol. The van der Waals surface area contributed by atoms with Crippen molar-refractivity contribution in [2.75, 3.05) is 0 Å². The van der Waals surface area contributed by atoms with Crippen molar-refractivity contribution in [3.8, 4) is 0 Å². The van der Waals surface area contributed by atoms with Crippen LogP contribution < -0.4 is 0 Å². The third-order valence-corrected chi connectivity index (χ3v) is 3.60. The summed E-state index contributed by atoms with van der Waals surface area (Å²) in [5, 5.41) is 17.7. The number of rotatable bonds is 1. The number of carboxylic acid groups (broad SMARTS) is 1. The molecular formula is C15H18O3. The molecule has 1 fully saturated rings. The topological polar surface area (TPSA) is 57.5 Å². The summed E-state index contributed by atoms with van der Waals surface area (Å²) in [6, 6.07) is 8.30. The highest BCUT2D eigenvalue weighted by Gasteiger charge is 2.30. The highest BCUT2D eigenvalue weighted by atomic mass is 16.4. The highest BCUT2D eigenvalue weighted by Crippen LogP contribution is 2.37. The SMILES string of the molecule is O=C(O)c1ccccc1.O[C@@H]1C=C[C@H]2CC[C@@H]1C2. The maximum absolute atomic E-state index is 10.2. The average molecular weight is 246 g/mol. The molecule has 18 heavy (non-hydrogen) atoms. The quantitative estimate of drug-likeness (QED) is 0.749. The Morgan fingerprint density at radius 3 is 2.39 bits per heavy atom. The van der Waals surface area contributed by atoms with Gasteiger partial charge in [0.2, 0.25) is 0 Å². The molecule has 2 aliphatic carbocycles. The fourth-order valence-corrected chi connectivity index (χ4v) is 2.55. The number of hydrogen-bond acceptors (Lipinski definition) is 2. The van der Waals surface area contributed by atoms with E-state index in [9.17, 15) is 9.90 Å². The van der Waals surface area contributed by atoms with E-state index in [4.69, 9.17) is 5.11 Å². The van der Waals surface area contributed by atoms with Gasteiger partial charge in [0, 0.05) is 0 Å². The number of fused-ring (bicyclic) bond motifs is 2. The van der Waals surface area contributed by atoms with E-state index in [2.05, 4.69) is 6.08 Å². The number of benzene rings is 1. The summed E-state index contributed by atoms with van der Waals surface area (Å²) in [5.41, 5.74) is 0.331. The molecule has 3 rings (SSSR count). The smallest absolute Gasteiger partial charge is 0.335 e. The minimum Gasteiger partial charge on any atom is -0.478 e. The normalized spacial score (nSPS) is 28.4. The number of aliphatic hydroxyl groups is 1. The number of allylic oxidation sites excluding steroid dienone is 1. The van der Waals surface area contributed by atoms with E-state index in [1.165, 1.54) is 19.3 Å². The van der Waals surface area contributed by atoms with Gasteiger partial charge in [-0.2, -0.15) is 0 Å². The summed E-state index contributed by atoms with van der Waals surface area (Å²) in [7, 11) is 0. The van der Waals surface area contributed by atoms with Crippen LogP contribution in [0.25, 0.3) is 0 Å². The molecule has 1 aromatic rings. The predicted molar refractivity (Wildman–Crippen MR) is 69.4 cm³/mol. The van der Waals surface area contributed by atoms with Crippen molar-refractivity contribution in [1.29, 1.82) is 0 Å². The number of carboxylic acids is 1.